The molecule has 16 heavy (non-hydrogen) atoms. The Bertz CT molecular complexity index is 370. The Morgan fingerprint density at radius 3 is 2.69 bits per heavy atom. The van der Waals surface area contributed by atoms with Crippen LogP contribution in [-0.4, -0.2) is 6.29 Å². The largest absolute Gasteiger partial charge is 0.303 e. The highest BCUT2D eigenvalue weighted by molar-refractivity contribution is 5.54. The minimum absolute atomic E-state index is 0.513. The van der Waals surface area contributed by atoms with Gasteiger partial charge in [0.2, 0.25) is 0 Å². The van der Waals surface area contributed by atoms with E-state index < -0.39 is 0 Å². The maximum absolute atomic E-state index is 10.4. The van der Waals surface area contributed by atoms with Crippen LogP contribution in [0.15, 0.2) is 47.7 Å². The summed E-state index contributed by atoms with van der Waals surface area (Å²) in [5.74, 6) is 0. The lowest BCUT2D eigenvalue weighted by Gasteiger charge is -2.02. The topological polar surface area (TPSA) is 17.1 Å². The van der Waals surface area contributed by atoms with E-state index in [1.165, 1.54) is 5.56 Å². The van der Waals surface area contributed by atoms with Gasteiger partial charge in [0.1, 0.15) is 6.29 Å². The molecular formula is C15H18O. The molecule has 84 valence electrons. The van der Waals surface area contributed by atoms with Crippen molar-refractivity contribution < 1.29 is 4.79 Å². The van der Waals surface area contributed by atoms with E-state index in [2.05, 4.69) is 30.0 Å². The van der Waals surface area contributed by atoms with Crippen LogP contribution in [0.1, 0.15) is 31.7 Å². The van der Waals surface area contributed by atoms with E-state index in [0.29, 0.717) is 6.42 Å². The molecule has 0 saturated carbocycles. The number of aldehydes is 1. The van der Waals surface area contributed by atoms with E-state index >= 15 is 0 Å². The van der Waals surface area contributed by atoms with Gasteiger partial charge in [-0.1, -0.05) is 30.3 Å². The van der Waals surface area contributed by atoms with Gasteiger partial charge in [0.25, 0.3) is 0 Å². The molecule has 1 nitrogen and oxygen atoms in total. The molecule has 1 aromatic rings. The van der Waals surface area contributed by atoms with E-state index in [1.807, 2.05) is 19.1 Å². The molecule has 0 atom stereocenters. The van der Waals surface area contributed by atoms with Gasteiger partial charge in [0.15, 0.2) is 0 Å². The van der Waals surface area contributed by atoms with Crippen molar-refractivity contribution in [1.29, 1.82) is 0 Å². The van der Waals surface area contributed by atoms with E-state index in [4.69, 9.17) is 0 Å². The van der Waals surface area contributed by atoms with Crippen molar-refractivity contribution in [3.63, 3.8) is 0 Å². The Labute approximate surface area is 97.5 Å². The first-order valence-corrected chi connectivity index (χ1v) is 5.73. The summed E-state index contributed by atoms with van der Waals surface area (Å²) < 4.78 is 0. The van der Waals surface area contributed by atoms with Crippen molar-refractivity contribution in [2.24, 2.45) is 0 Å². The summed E-state index contributed by atoms with van der Waals surface area (Å²) in [5, 5.41) is 0. The Kier molecular flexibility index (Phi) is 5.98. The van der Waals surface area contributed by atoms with Crippen LogP contribution in [0, 0.1) is 0 Å². The summed E-state index contributed by atoms with van der Waals surface area (Å²) in [4.78, 5) is 10.4. The summed E-state index contributed by atoms with van der Waals surface area (Å²) in [6.45, 7) is 1.93. The third-order valence-corrected chi connectivity index (χ3v) is 2.47. The third-order valence-electron chi connectivity index (χ3n) is 2.47. The number of carbonyl (C=O) groups excluding carboxylic acids is 1. The molecule has 0 N–H and O–H groups in total. The van der Waals surface area contributed by atoms with Crippen molar-refractivity contribution >= 4 is 6.29 Å². The van der Waals surface area contributed by atoms with Gasteiger partial charge in [0.05, 0.1) is 0 Å². The molecule has 0 fully saturated rings. The average Bonchev–Trinajstić information content (AvgIpc) is 2.31. The van der Waals surface area contributed by atoms with Gasteiger partial charge in [-0.3, -0.25) is 0 Å². The first kappa shape index (κ1) is 12.5. The van der Waals surface area contributed by atoms with E-state index in [0.717, 1.165) is 31.1 Å². The molecule has 0 aliphatic rings. The highest BCUT2D eigenvalue weighted by Gasteiger charge is 1.97. The van der Waals surface area contributed by atoms with Crippen molar-refractivity contribution in [3.8, 4) is 0 Å². The molecule has 0 aliphatic heterocycles. The van der Waals surface area contributed by atoms with Crippen LogP contribution in [0.25, 0.3) is 0 Å². The third kappa shape index (κ3) is 4.77. The van der Waals surface area contributed by atoms with Gasteiger partial charge in [-0.15, -0.1) is 5.73 Å². The van der Waals surface area contributed by atoms with Gasteiger partial charge in [-0.2, -0.15) is 0 Å². The standard InChI is InChI=1S/C15H18O/c1-2-7-14(12-13-16)10-6-11-15-8-4-3-5-9-15/h2-5,8-9,13H,6,10-12H2,1H3. The van der Waals surface area contributed by atoms with Crippen molar-refractivity contribution in [2.45, 2.75) is 32.6 Å². The second-order valence-corrected chi connectivity index (χ2v) is 3.75. The quantitative estimate of drug-likeness (QED) is 0.521. The fraction of sp³-hybridized carbons (Fsp3) is 0.333. The lowest BCUT2D eigenvalue weighted by Crippen LogP contribution is -1.88. The smallest absolute Gasteiger partial charge is 0.124 e. The molecule has 0 unspecified atom stereocenters. The molecule has 0 heterocycles. The van der Waals surface area contributed by atoms with Crippen LogP contribution in [0.4, 0.5) is 0 Å². The summed E-state index contributed by atoms with van der Waals surface area (Å²) in [7, 11) is 0. The summed E-state index contributed by atoms with van der Waals surface area (Å²) in [6.07, 6.45) is 6.44. The minimum atomic E-state index is 0.513. The van der Waals surface area contributed by atoms with Crippen LogP contribution in [0.5, 0.6) is 0 Å². The Balaban J connectivity index is 2.40. The van der Waals surface area contributed by atoms with Gasteiger partial charge >= 0.3 is 0 Å². The van der Waals surface area contributed by atoms with Crippen LogP contribution in [-0.2, 0) is 11.2 Å². The van der Waals surface area contributed by atoms with Crippen molar-refractivity contribution in [2.75, 3.05) is 0 Å². The zero-order valence-corrected chi connectivity index (χ0v) is 9.78. The van der Waals surface area contributed by atoms with E-state index in [-0.39, 0.29) is 0 Å². The molecular weight excluding hydrogens is 196 g/mol. The number of benzene rings is 1. The number of rotatable bonds is 6. The van der Waals surface area contributed by atoms with Gasteiger partial charge in [0, 0.05) is 6.42 Å². The zero-order chi connectivity index (χ0) is 11.6. The number of hydrogen-bond donors (Lipinski definition) is 0. The second-order valence-electron chi connectivity index (χ2n) is 3.75. The Hall–Kier alpha value is -1.59. The van der Waals surface area contributed by atoms with Crippen LogP contribution in [0.2, 0.25) is 0 Å². The Morgan fingerprint density at radius 1 is 1.31 bits per heavy atom. The highest BCUT2D eigenvalue weighted by atomic mass is 16.1. The molecule has 0 bridgehead atoms. The maximum atomic E-state index is 10.4. The zero-order valence-electron chi connectivity index (χ0n) is 9.78. The molecule has 1 aromatic carbocycles. The fourth-order valence-corrected chi connectivity index (χ4v) is 1.69. The molecule has 0 spiro atoms. The lowest BCUT2D eigenvalue weighted by molar-refractivity contribution is -0.107. The number of carbonyl (C=O) groups is 1. The molecule has 0 amide bonds. The summed E-state index contributed by atoms with van der Waals surface area (Å²) >= 11 is 0. The molecule has 0 aromatic heterocycles. The van der Waals surface area contributed by atoms with Crippen molar-refractivity contribution in [1.82, 2.24) is 0 Å². The Morgan fingerprint density at radius 2 is 2.06 bits per heavy atom. The van der Waals surface area contributed by atoms with E-state index in [1.54, 1.807) is 0 Å². The predicted molar refractivity (Wildman–Crippen MR) is 67.3 cm³/mol. The number of allylic oxidation sites excluding steroid dienone is 1. The highest BCUT2D eigenvalue weighted by Crippen LogP contribution is 2.11. The normalized spacial score (nSPS) is 9.31. The maximum Gasteiger partial charge on any atom is 0.124 e. The molecule has 0 saturated heterocycles. The van der Waals surface area contributed by atoms with Crippen LogP contribution < -0.4 is 0 Å². The number of aryl methyl sites for hydroxylation is 1. The minimum Gasteiger partial charge on any atom is -0.303 e. The lowest BCUT2D eigenvalue weighted by atomic mass is 10.0. The second kappa shape index (κ2) is 7.67. The van der Waals surface area contributed by atoms with Gasteiger partial charge < -0.3 is 4.79 Å². The van der Waals surface area contributed by atoms with Gasteiger partial charge in [-0.05, 0) is 43.4 Å². The van der Waals surface area contributed by atoms with Crippen molar-refractivity contribution in [3.05, 3.63) is 53.3 Å². The monoisotopic (exact) mass is 214 g/mol. The average molecular weight is 214 g/mol. The van der Waals surface area contributed by atoms with Crippen LogP contribution >= 0.6 is 0 Å². The first-order chi connectivity index (χ1) is 7.86. The summed E-state index contributed by atoms with van der Waals surface area (Å²) in [5.41, 5.74) is 5.59. The SMILES string of the molecule is CC=C=C(CC=O)CCCc1ccccc1. The van der Waals surface area contributed by atoms with E-state index in [9.17, 15) is 4.79 Å². The van der Waals surface area contributed by atoms with Crippen LogP contribution in [0.3, 0.4) is 0 Å². The summed E-state index contributed by atoms with van der Waals surface area (Å²) in [6, 6.07) is 10.4. The predicted octanol–water partition coefficient (Wildman–Crippen LogP) is 3.70. The number of hydrogen-bond acceptors (Lipinski definition) is 1. The molecule has 1 rings (SSSR count). The molecule has 0 aliphatic carbocycles. The van der Waals surface area contributed by atoms with Gasteiger partial charge in [-0.25, -0.2) is 0 Å². The molecule has 0 radical (unpaired) electrons. The first-order valence-electron chi connectivity index (χ1n) is 5.73. The molecule has 1 heteroatoms. The fourth-order valence-electron chi connectivity index (χ4n) is 1.69.